The van der Waals surface area contributed by atoms with E-state index in [9.17, 15) is 0 Å². The van der Waals surface area contributed by atoms with Crippen molar-refractivity contribution in [2.45, 2.75) is 24.7 Å². The van der Waals surface area contributed by atoms with Crippen molar-refractivity contribution in [2.75, 3.05) is 18.0 Å². The number of hydrogen-bond donors (Lipinski definition) is 0. The molecule has 0 N–H and O–H groups in total. The summed E-state index contributed by atoms with van der Waals surface area (Å²) in [4.78, 5) is 15.8. The Bertz CT molecular complexity index is 866. The number of anilines is 1. The summed E-state index contributed by atoms with van der Waals surface area (Å²) in [7, 11) is 0. The summed E-state index contributed by atoms with van der Waals surface area (Å²) in [6.07, 6.45) is 8.88. The predicted octanol–water partition coefficient (Wildman–Crippen LogP) is 3.08. The number of fused-ring (bicyclic) bond motifs is 1. The number of aromatic nitrogens is 4. The first-order valence-electron chi connectivity index (χ1n) is 8.76. The molecule has 1 saturated carbocycles. The van der Waals surface area contributed by atoms with E-state index in [1.807, 2.05) is 30.5 Å². The highest BCUT2D eigenvalue weighted by Gasteiger charge is 2.54. The summed E-state index contributed by atoms with van der Waals surface area (Å²) in [6.45, 7) is 1.89. The Hall–Kier alpha value is -2.76. The van der Waals surface area contributed by atoms with Crippen LogP contribution in [0.25, 0.3) is 11.4 Å². The maximum absolute atomic E-state index is 5.76. The van der Waals surface area contributed by atoms with E-state index in [1.165, 1.54) is 12.8 Å². The van der Waals surface area contributed by atoms with Gasteiger partial charge >= 0.3 is 0 Å². The predicted molar refractivity (Wildman–Crippen MR) is 93.0 cm³/mol. The van der Waals surface area contributed by atoms with Gasteiger partial charge in [0, 0.05) is 37.2 Å². The first-order valence-corrected chi connectivity index (χ1v) is 8.76. The molecule has 126 valence electrons. The standard InChI is InChI=1S/C19H19N5O/c1-2-10-21-16(7-1)24-12-15-6-3-8-19(15,13-24)18-22-17(23-25-18)14-5-4-9-20-11-14/h1-2,4-5,7,9-11,15H,3,6,8,12-13H2/t15-,19-/m1/s1. The third-order valence-corrected chi connectivity index (χ3v) is 5.62. The molecule has 1 aliphatic carbocycles. The minimum atomic E-state index is -0.0506. The lowest BCUT2D eigenvalue weighted by atomic mass is 9.80. The van der Waals surface area contributed by atoms with E-state index in [1.54, 1.807) is 12.4 Å². The second-order valence-corrected chi connectivity index (χ2v) is 6.98. The highest BCUT2D eigenvalue weighted by Crippen LogP contribution is 2.50. The first kappa shape index (κ1) is 14.6. The van der Waals surface area contributed by atoms with Crippen molar-refractivity contribution in [3.8, 4) is 11.4 Å². The number of pyridine rings is 2. The van der Waals surface area contributed by atoms with Crippen molar-refractivity contribution in [3.63, 3.8) is 0 Å². The minimum Gasteiger partial charge on any atom is -0.355 e. The molecule has 0 aromatic carbocycles. The Morgan fingerprint density at radius 1 is 1.16 bits per heavy atom. The van der Waals surface area contributed by atoms with Gasteiger partial charge in [0.05, 0.1) is 5.41 Å². The molecule has 2 fully saturated rings. The lowest BCUT2D eigenvalue weighted by Crippen LogP contribution is -2.32. The van der Waals surface area contributed by atoms with Gasteiger partial charge in [-0.05, 0) is 43.0 Å². The molecule has 3 aromatic rings. The topological polar surface area (TPSA) is 67.9 Å². The van der Waals surface area contributed by atoms with Crippen LogP contribution in [0.5, 0.6) is 0 Å². The normalized spacial score (nSPS) is 25.3. The van der Waals surface area contributed by atoms with Crippen LogP contribution < -0.4 is 4.90 Å². The summed E-state index contributed by atoms with van der Waals surface area (Å²) in [5.41, 5.74) is 0.841. The average Bonchev–Trinajstić information content (AvgIpc) is 3.37. The third-order valence-electron chi connectivity index (χ3n) is 5.62. The molecule has 25 heavy (non-hydrogen) atoms. The van der Waals surface area contributed by atoms with Crippen LogP contribution in [0.3, 0.4) is 0 Å². The molecule has 0 unspecified atom stereocenters. The van der Waals surface area contributed by atoms with Gasteiger partial charge in [0.1, 0.15) is 5.82 Å². The van der Waals surface area contributed by atoms with Crippen LogP contribution in [-0.4, -0.2) is 33.2 Å². The van der Waals surface area contributed by atoms with Crippen LogP contribution in [0.1, 0.15) is 25.2 Å². The van der Waals surface area contributed by atoms with E-state index >= 15 is 0 Å². The molecule has 2 atom stereocenters. The quantitative estimate of drug-likeness (QED) is 0.734. The van der Waals surface area contributed by atoms with Gasteiger partial charge < -0.3 is 9.42 Å². The molecule has 0 bridgehead atoms. The summed E-state index contributed by atoms with van der Waals surface area (Å²) in [6, 6.07) is 9.91. The second kappa shape index (κ2) is 5.65. The molecule has 5 rings (SSSR count). The van der Waals surface area contributed by atoms with E-state index in [-0.39, 0.29) is 5.41 Å². The lowest BCUT2D eigenvalue weighted by Gasteiger charge is -2.24. The van der Waals surface area contributed by atoms with Gasteiger partial charge in [0.2, 0.25) is 11.7 Å². The fourth-order valence-electron chi connectivity index (χ4n) is 4.39. The van der Waals surface area contributed by atoms with Crippen molar-refractivity contribution in [1.82, 2.24) is 20.1 Å². The molecule has 0 spiro atoms. The fourth-order valence-corrected chi connectivity index (χ4v) is 4.39. The molecular weight excluding hydrogens is 314 g/mol. The smallest absolute Gasteiger partial charge is 0.235 e. The maximum atomic E-state index is 5.76. The van der Waals surface area contributed by atoms with E-state index in [0.717, 1.165) is 36.8 Å². The van der Waals surface area contributed by atoms with Crippen LogP contribution in [0.15, 0.2) is 53.4 Å². The van der Waals surface area contributed by atoms with Gasteiger partial charge in [-0.3, -0.25) is 4.98 Å². The van der Waals surface area contributed by atoms with Crippen molar-refractivity contribution in [3.05, 3.63) is 54.8 Å². The molecule has 0 amide bonds. The van der Waals surface area contributed by atoms with Crippen molar-refractivity contribution < 1.29 is 4.52 Å². The Morgan fingerprint density at radius 3 is 3.00 bits per heavy atom. The molecule has 1 aliphatic heterocycles. The van der Waals surface area contributed by atoms with Crippen LogP contribution >= 0.6 is 0 Å². The molecule has 0 radical (unpaired) electrons. The van der Waals surface area contributed by atoms with Gasteiger partial charge in [0.15, 0.2) is 0 Å². The third kappa shape index (κ3) is 2.32. The summed E-state index contributed by atoms with van der Waals surface area (Å²) in [5.74, 6) is 2.96. The largest absolute Gasteiger partial charge is 0.355 e. The Balaban J connectivity index is 1.49. The van der Waals surface area contributed by atoms with Crippen LogP contribution in [-0.2, 0) is 5.41 Å². The zero-order valence-corrected chi connectivity index (χ0v) is 13.9. The zero-order valence-electron chi connectivity index (χ0n) is 13.9. The van der Waals surface area contributed by atoms with Crippen molar-refractivity contribution >= 4 is 5.82 Å². The summed E-state index contributed by atoms with van der Waals surface area (Å²) in [5, 5.41) is 4.22. The molecule has 1 saturated heterocycles. The molecular formula is C19H19N5O. The molecule has 3 aromatic heterocycles. The summed E-state index contributed by atoms with van der Waals surface area (Å²) < 4.78 is 5.76. The second-order valence-electron chi connectivity index (χ2n) is 6.98. The van der Waals surface area contributed by atoms with Gasteiger partial charge in [-0.2, -0.15) is 4.98 Å². The van der Waals surface area contributed by atoms with E-state index in [2.05, 4.69) is 26.1 Å². The lowest BCUT2D eigenvalue weighted by molar-refractivity contribution is 0.266. The first-order chi connectivity index (χ1) is 12.4. The van der Waals surface area contributed by atoms with Gasteiger partial charge in [-0.1, -0.05) is 17.6 Å². The Kier molecular flexibility index (Phi) is 3.29. The van der Waals surface area contributed by atoms with Gasteiger partial charge in [0.25, 0.3) is 0 Å². The van der Waals surface area contributed by atoms with E-state index in [4.69, 9.17) is 9.51 Å². The zero-order chi connectivity index (χ0) is 16.7. The monoisotopic (exact) mass is 333 g/mol. The SMILES string of the molecule is c1ccc(N2C[C@H]3CCC[C@@]3(c3nc(-c4cccnc4)no3)C2)nc1. The van der Waals surface area contributed by atoms with Crippen molar-refractivity contribution in [2.24, 2.45) is 5.92 Å². The molecule has 4 heterocycles. The Morgan fingerprint density at radius 2 is 2.16 bits per heavy atom. The van der Waals surface area contributed by atoms with Gasteiger partial charge in [-0.25, -0.2) is 4.98 Å². The number of hydrogen-bond acceptors (Lipinski definition) is 6. The van der Waals surface area contributed by atoms with Crippen molar-refractivity contribution in [1.29, 1.82) is 0 Å². The summed E-state index contributed by atoms with van der Waals surface area (Å²) >= 11 is 0. The molecule has 6 nitrogen and oxygen atoms in total. The van der Waals surface area contributed by atoms with E-state index < -0.39 is 0 Å². The number of nitrogens with zero attached hydrogens (tertiary/aromatic N) is 5. The average molecular weight is 333 g/mol. The maximum Gasteiger partial charge on any atom is 0.235 e. The highest BCUT2D eigenvalue weighted by atomic mass is 16.5. The van der Waals surface area contributed by atoms with Crippen LogP contribution in [0, 0.1) is 5.92 Å². The van der Waals surface area contributed by atoms with Crippen LogP contribution in [0.4, 0.5) is 5.82 Å². The minimum absolute atomic E-state index is 0.0506. The van der Waals surface area contributed by atoms with Crippen LogP contribution in [0.2, 0.25) is 0 Å². The van der Waals surface area contributed by atoms with Gasteiger partial charge in [-0.15, -0.1) is 0 Å². The highest BCUT2D eigenvalue weighted by molar-refractivity contribution is 5.52. The molecule has 2 aliphatic rings. The molecule has 6 heteroatoms. The fraction of sp³-hybridized carbons (Fsp3) is 0.368. The van der Waals surface area contributed by atoms with E-state index in [0.29, 0.717) is 11.7 Å². The number of rotatable bonds is 3. The Labute approximate surface area is 145 Å².